The van der Waals surface area contributed by atoms with Crippen molar-refractivity contribution in [1.82, 2.24) is 4.98 Å². The van der Waals surface area contributed by atoms with Gasteiger partial charge < -0.3 is 20.7 Å². The van der Waals surface area contributed by atoms with E-state index in [9.17, 15) is 9.59 Å². The van der Waals surface area contributed by atoms with E-state index in [0.29, 0.717) is 17.1 Å². The van der Waals surface area contributed by atoms with Gasteiger partial charge in [0, 0.05) is 18.3 Å². The van der Waals surface area contributed by atoms with Crippen molar-refractivity contribution in [1.29, 1.82) is 0 Å². The molecule has 3 rings (SSSR count). The molecule has 2 amide bonds. The van der Waals surface area contributed by atoms with Crippen molar-refractivity contribution >= 4 is 34.6 Å². The van der Waals surface area contributed by atoms with Crippen LogP contribution in [0.3, 0.4) is 0 Å². The summed E-state index contributed by atoms with van der Waals surface area (Å²) in [4.78, 5) is 27.9. The van der Waals surface area contributed by atoms with Gasteiger partial charge in [0.1, 0.15) is 11.4 Å². The Morgan fingerprint density at radius 2 is 1.72 bits per heavy atom. The van der Waals surface area contributed by atoms with Gasteiger partial charge in [0.25, 0.3) is 5.91 Å². The Balaban J connectivity index is 1.69. The quantitative estimate of drug-likeness (QED) is 0.582. The van der Waals surface area contributed by atoms with Crippen LogP contribution in [0.1, 0.15) is 23.0 Å². The van der Waals surface area contributed by atoms with Gasteiger partial charge in [-0.05, 0) is 55.0 Å². The molecule has 1 heterocycles. The molecule has 0 fully saturated rings. The van der Waals surface area contributed by atoms with Gasteiger partial charge in [0.15, 0.2) is 0 Å². The van der Waals surface area contributed by atoms with E-state index in [1.165, 1.54) is 6.92 Å². The van der Waals surface area contributed by atoms with Gasteiger partial charge in [-0.15, -0.1) is 0 Å². The SMILES string of the molecule is COc1ccc(C)cc1NC(=O)c1ccc(Nc2cccc(NC(C)=O)c2)cn1. The minimum atomic E-state index is -0.326. The van der Waals surface area contributed by atoms with Gasteiger partial charge in [0.05, 0.1) is 24.7 Å². The Morgan fingerprint density at radius 3 is 2.41 bits per heavy atom. The van der Waals surface area contributed by atoms with Crippen LogP contribution in [0.25, 0.3) is 0 Å². The van der Waals surface area contributed by atoms with Crippen LogP contribution in [0.2, 0.25) is 0 Å². The van der Waals surface area contributed by atoms with E-state index >= 15 is 0 Å². The zero-order valence-corrected chi connectivity index (χ0v) is 16.4. The molecule has 0 aliphatic rings. The molecular formula is C22H22N4O3. The fourth-order valence-corrected chi connectivity index (χ4v) is 2.75. The van der Waals surface area contributed by atoms with Gasteiger partial charge in [-0.3, -0.25) is 9.59 Å². The lowest BCUT2D eigenvalue weighted by Crippen LogP contribution is -2.14. The maximum atomic E-state index is 12.5. The van der Waals surface area contributed by atoms with Crippen LogP contribution in [0, 0.1) is 6.92 Å². The third kappa shape index (κ3) is 5.32. The van der Waals surface area contributed by atoms with Crippen molar-refractivity contribution in [3.63, 3.8) is 0 Å². The third-order valence-electron chi connectivity index (χ3n) is 4.07. The Labute approximate surface area is 169 Å². The predicted molar refractivity (Wildman–Crippen MR) is 114 cm³/mol. The van der Waals surface area contributed by atoms with Gasteiger partial charge >= 0.3 is 0 Å². The number of rotatable bonds is 6. The van der Waals surface area contributed by atoms with Crippen molar-refractivity contribution in [2.75, 3.05) is 23.1 Å². The zero-order chi connectivity index (χ0) is 20.8. The van der Waals surface area contributed by atoms with Crippen LogP contribution >= 0.6 is 0 Å². The average molecular weight is 390 g/mol. The topological polar surface area (TPSA) is 92.4 Å². The lowest BCUT2D eigenvalue weighted by Gasteiger charge is -2.11. The number of hydrogen-bond donors (Lipinski definition) is 3. The second-order valence-corrected chi connectivity index (χ2v) is 6.48. The third-order valence-corrected chi connectivity index (χ3v) is 4.07. The summed E-state index contributed by atoms with van der Waals surface area (Å²) in [5.74, 6) is 0.124. The van der Waals surface area contributed by atoms with Crippen molar-refractivity contribution in [3.8, 4) is 5.75 Å². The van der Waals surface area contributed by atoms with Crippen LogP contribution in [-0.2, 0) is 4.79 Å². The minimum absolute atomic E-state index is 0.135. The van der Waals surface area contributed by atoms with E-state index in [1.807, 2.05) is 37.3 Å². The molecule has 0 aliphatic heterocycles. The molecule has 0 unspecified atom stereocenters. The summed E-state index contributed by atoms with van der Waals surface area (Å²) in [6.45, 7) is 3.40. The molecule has 0 saturated carbocycles. The van der Waals surface area contributed by atoms with E-state index in [1.54, 1.807) is 37.6 Å². The highest BCUT2D eigenvalue weighted by Gasteiger charge is 2.11. The normalized spacial score (nSPS) is 10.2. The van der Waals surface area contributed by atoms with Crippen LogP contribution in [0.5, 0.6) is 5.75 Å². The Bertz CT molecular complexity index is 1030. The summed E-state index contributed by atoms with van der Waals surface area (Å²) in [6, 6.07) is 16.3. The Kier molecular flexibility index (Phi) is 6.09. The number of carbonyl (C=O) groups is 2. The maximum absolute atomic E-state index is 12.5. The molecule has 0 saturated heterocycles. The second-order valence-electron chi connectivity index (χ2n) is 6.48. The number of aryl methyl sites for hydroxylation is 1. The summed E-state index contributed by atoms with van der Waals surface area (Å²) in [5.41, 5.74) is 4.09. The fraction of sp³-hybridized carbons (Fsp3) is 0.136. The minimum Gasteiger partial charge on any atom is -0.495 e. The van der Waals surface area contributed by atoms with E-state index in [2.05, 4.69) is 20.9 Å². The lowest BCUT2D eigenvalue weighted by atomic mass is 10.2. The van der Waals surface area contributed by atoms with E-state index < -0.39 is 0 Å². The molecule has 29 heavy (non-hydrogen) atoms. The highest BCUT2D eigenvalue weighted by molar-refractivity contribution is 6.03. The van der Waals surface area contributed by atoms with Crippen LogP contribution in [-0.4, -0.2) is 23.9 Å². The van der Waals surface area contributed by atoms with E-state index in [-0.39, 0.29) is 17.5 Å². The molecule has 7 nitrogen and oxygen atoms in total. The summed E-state index contributed by atoms with van der Waals surface area (Å²) >= 11 is 0. The van der Waals surface area contributed by atoms with Crippen molar-refractivity contribution in [3.05, 3.63) is 72.1 Å². The smallest absolute Gasteiger partial charge is 0.274 e. The number of hydrogen-bond acceptors (Lipinski definition) is 5. The fourth-order valence-electron chi connectivity index (χ4n) is 2.75. The van der Waals surface area contributed by atoms with Crippen LogP contribution in [0.4, 0.5) is 22.7 Å². The lowest BCUT2D eigenvalue weighted by molar-refractivity contribution is -0.114. The molecule has 7 heteroatoms. The number of nitrogens with one attached hydrogen (secondary N) is 3. The van der Waals surface area contributed by atoms with E-state index in [4.69, 9.17) is 4.74 Å². The van der Waals surface area contributed by atoms with Crippen LogP contribution < -0.4 is 20.7 Å². The van der Waals surface area contributed by atoms with Gasteiger partial charge in [-0.2, -0.15) is 0 Å². The van der Waals surface area contributed by atoms with Crippen molar-refractivity contribution < 1.29 is 14.3 Å². The first-order chi connectivity index (χ1) is 13.9. The highest BCUT2D eigenvalue weighted by Crippen LogP contribution is 2.26. The first-order valence-electron chi connectivity index (χ1n) is 9.01. The molecule has 3 N–H and O–H groups in total. The second kappa shape index (κ2) is 8.88. The number of methoxy groups -OCH3 is 1. The summed E-state index contributed by atoms with van der Waals surface area (Å²) in [5, 5.41) is 8.75. The molecule has 1 aromatic heterocycles. The summed E-state index contributed by atoms with van der Waals surface area (Å²) in [7, 11) is 1.56. The molecule has 0 bridgehead atoms. The summed E-state index contributed by atoms with van der Waals surface area (Å²) in [6.07, 6.45) is 1.58. The molecule has 0 radical (unpaired) electrons. The number of aromatic nitrogens is 1. The molecule has 3 aromatic rings. The average Bonchev–Trinajstić information content (AvgIpc) is 2.68. The van der Waals surface area contributed by atoms with Crippen LogP contribution in [0.15, 0.2) is 60.8 Å². The molecule has 2 aromatic carbocycles. The number of anilines is 4. The monoisotopic (exact) mass is 390 g/mol. The molecule has 148 valence electrons. The number of nitrogens with zero attached hydrogens (tertiary/aromatic N) is 1. The number of benzene rings is 2. The van der Waals surface area contributed by atoms with Crippen molar-refractivity contribution in [2.45, 2.75) is 13.8 Å². The number of pyridine rings is 1. The molecular weight excluding hydrogens is 368 g/mol. The first kappa shape index (κ1) is 19.9. The zero-order valence-electron chi connectivity index (χ0n) is 16.4. The Hall–Kier alpha value is -3.87. The molecule has 0 atom stereocenters. The molecule has 0 spiro atoms. The number of carbonyl (C=O) groups excluding carboxylic acids is 2. The standard InChI is InChI=1S/C22H22N4O3/c1-14-7-10-21(29-3)20(11-14)26-22(28)19-9-8-18(13-23-19)25-17-6-4-5-16(12-17)24-15(2)27/h4-13,25H,1-3H3,(H,24,27)(H,26,28). The Morgan fingerprint density at radius 1 is 0.931 bits per heavy atom. The highest BCUT2D eigenvalue weighted by atomic mass is 16.5. The summed E-state index contributed by atoms with van der Waals surface area (Å²) < 4.78 is 5.28. The number of amides is 2. The maximum Gasteiger partial charge on any atom is 0.274 e. The first-order valence-corrected chi connectivity index (χ1v) is 9.01. The number of ether oxygens (including phenoxy) is 1. The van der Waals surface area contributed by atoms with Crippen molar-refractivity contribution in [2.24, 2.45) is 0 Å². The van der Waals surface area contributed by atoms with Gasteiger partial charge in [0.2, 0.25) is 5.91 Å². The predicted octanol–water partition coefficient (Wildman–Crippen LogP) is 4.35. The molecule has 0 aliphatic carbocycles. The van der Waals surface area contributed by atoms with E-state index in [0.717, 1.165) is 16.9 Å². The van der Waals surface area contributed by atoms with Gasteiger partial charge in [-0.25, -0.2) is 4.98 Å². The van der Waals surface area contributed by atoms with Gasteiger partial charge in [-0.1, -0.05) is 12.1 Å². The largest absolute Gasteiger partial charge is 0.495 e.